The van der Waals surface area contributed by atoms with E-state index < -0.39 is 34.3 Å². The Morgan fingerprint density at radius 1 is 1.42 bits per heavy atom. The number of carboxylic acid groups (broad SMARTS) is 1. The maximum absolute atomic E-state index is 12.2. The van der Waals surface area contributed by atoms with E-state index in [1.54, 1.807) is 13.0 Å². The zero-order chi connectivity index (χ0) is 14.6. The van der Waals surface area contributed by atoms with Crippen LogP contribution in [0.15, 0.2) is 11.6 Å². The van der Waals surface area contributed by atoms with E-state index in [4.69, 9.17) is 5.11 Å². The number of aliphatic carboxylic acids is 1. The standard InChI is InChI=1S/C12H19NO5S/c1-3-4-9(2)12(16)13(7-11(14)15)10-5-6-19(17,18)8-10/h4,10H,3,5-8H2,1-2H3,(H,14,15)/b9-4+. The molecule has 0 aromatic rings. The summed E-state index contributed by atoms with van der Waals surface area (Å²) in [4.78, 5) is 24.2. The van der Waals surface area contributed by atoms with Crippen LogP contribution in [0, 0.1) is 0 Å². The van der Waals surface area contributed by atoms with Crippen LogP contribution in [-0.4, -0.2) is 54.4 Å². The Kier molecular flexibility index (Phi) is 5.11. The molecule has 108 valence electrons. The fourth-order valence-electron chi connectivity index (χ4n) is 2.15. The van der Waals surface area contributed by atoms with Gasteiger partial charge < -0.3 is 10.0 Å². The van der Waals surface area contributed by atoms with E-state index in [1.165, 1.54) is 0 Å². The molecule has 6 nitrogen and oxygen atoms in total. The molecule has 1 saturated heterocycles. The minimum Gasteiger partial charge on any atom is -0.480 e. The van der Waals surface area contributed by atoms with Crippen LogP contribution in [0.1, 0.15) is 26.7 Å². The van der Waals surface area contributed by atoms with Crippen molar-refractivity contribution in [3.63, 3.8) is 0 Å². The van der Waals surface area contributed by atoms with E-state index in [9.17, 15) is 18.0 Å². The van der Waals surface area contributed by atoms with Gasteiger partial charge in [-0.2, -0.15) is 0 Å². The number of hydrogen-bond donors (Lipinski definition) is 1. The Balaban J connectivity index is 2.93. The highest BCUT2D eigenvalue weighted by atomic mass is 32.2. The van der Waals surface area contributed by atoms with Crippen LogP contribution in [0.5, 0.6) is 0 Å². The maximum Gasteiger partial charge on any atom is 0.323 e. The van der Waals surface area contributed by atoms with Crippen molar-refractivity contribution >= 4 is 21.7 Å². The molecule has 1 aliphatic heterocycles. The number of carboxylic acids is 1. The lowest BCUT2D eigenvalue weighted by Crippen LogP contribution is -2.44. The monoisotopic (exact) mass is 289 g/mol. The van der Waals surface area contributed by atoms with E-state index in [1.807, 2.05) is 6.92 Å². The van der Waals surface area contributed by atoms with Crippen molar-refractivity contribution in [2.75, 3.05) is 18.1 Å². The van der Waals surface area contributed by atoms with Gasteiger partial charge in [0.1, 0.15) is 6.54 Å². The molecule has 1 unspecified atom stereocenters. The van der Waals surface area contributed by atoms with Gasteiger partial charge in [0.15, 0.2) is 9.84 Å². The third-order valence-electron chi connectivity index (χ3n) is 3.06. The highest BCUT2D eigenvalue weighted by Crippen LogP contribution is 2.19. The first-order chi connectivity index (χ1) is 8.76. The Hall–Kier alpha value is -1.37. The molecule has 0 radical (unpaired) electrons. The summed E-state index contributed by atoms with van der Waals surface area (Å²) >= 11 is 0. The lowest BCUT2D eigenvalue weighted by Gasteiger charge is -2.26. The van der Waals surface area contributed by atoms with Crippen molar-refractivity contribution in [1.29, 1.82) is 0 Å². The molecule has 1 fully saturated rings. The fourth-order valence-corrected chi connectivity index (χ4v) is 3.88. The van der Waals surface area contributed by atoms with Crippen molar-refractivity contribution in [1.82, 2.24) is 4.90 Å². The SMILES string of the molecule is CC/C=C(\C)C(=O)N(CC(=O)O)C1CCS(=O)(=O)C1. The van der Waals surface area contributed by atoms with Crippen LogP contribution in [0.2, 0.25) is 0 Å². The number of allylic oxidation sites excluding steroid dienone is 1. The van der Waals surface area contributed by atoms with Crippen molar-refractivity contribution in [3.05, 3.63) is 11.6 Å². The second-order valence-electron chi connectivity index (χ2n) is 4.68. The van der Waals surface area contributed by atoms with Crippen molar-refractivity contribution in [2.45, 2.75) is 32.7 Å². The highest BCUT2D eigenvalue weighted by Gasteiger charge is 2.35. The van der Waals surface area contributed by atoms with Gasteiger partial charge in [0.25, 0.3) is 0 Å². The Labute approximate surface area is 113 Å². The Morgan fingerprint density at radius 3 is 2.47 bits per heavy atom. The molecule has 0 saturated carbocycles. The molecule has 1 rings (SSSR count). The Bertz CT molecular complexity index is 494. The molecule has 0 aromatic carbocycles. The van der Waals surface area contributed by atoms with Gasteiger partial charge in [0.2, 0.25) is 5.91 Å². The summed E-state index contributed by atoms with van der Waals surface area (Å²) in [5, 5.41) is 8.87. The topological polar surface area (TPSA) is 91.8 Å². The summed E-state index contributed by atoms with van der Waals surface area (Å²) in [6, 6.07) is -0.534. The molecule has 1 amide bonds. The van der Waals surface area contributed by atoms with Crippen LogP contribution >= 0.6 is 0 Å². The number of sulfone groups is 1. The third-order valence-corrected chi connectivity index (χ3v) is 4.81. The number of amides is 1. The van der Waals surface area contributed by atoms with Crippen molar-refractivity contribution in [3.8, 4) is 0 Å². The number of rotatable bonds is 5. The van der Waals surface area contributed by atoms with E-state index in [-0.39, 0.29) is 11.5 Å². The van der Waals surface area contributed by atoms with E-state index in [0.717, 1.165) is 4.90 Å². The molecule has 1 atom stereocenters. The smallest absolute Gasteiger partial charge is 0.323 e. The van der Waals surface area contributed by atoms with Crippen LogP contribution < -0.4 is 0 Å². The maximum atomic E-state index is 12.2. The molecule has 0 bridgehead atoms. The highest BCUT2D eigenvalue weighted by molar-refractivity contribution is 7.91. The second-order valence-corrected chi connectivity index (χ2v) is 6.91. The molecule has 1 heterocycles. The van der Waals surface area contributed by atoms with Gasteiger partial charge in [-0.1, -0.05) is 13.0 Å². The van der Waals surface area contributed by atoms with Gasteiger partial charge in [-0.25, -0.2) is 8.42 Å². The molecular formula is C12H19NO5S. The average molecular weight is 289 g/mol. The zero-order valence-electron chi connectivity index (χ0n) is 11.1. The lowest BCUT2D eigenvalue weighted by atomic mass is 10.1. The first-order valence-corrected chi connectivity index (χ1v) is 7.99. The first kappa shape index (κ1) is 15.7. The molecular weight excluding hydrogens is 270 g/mol. The van der Waals surface area contributed by atoms with Gasteiger partial charge in [0.05, 0.1) is 11.5 Å². The van der Waals surface area contributed by atoms with Crippen molar-refractivity contribution < 1.29 is 23.1 Å². The molecule has 1 N–H and O–H groups in total. The van der Waals surface area contributed by atoms with Crippen LogP contribution in [0.3, 0.4) is 0 Å². The number of carbonyl (C=O) groups excluding carboxylic acids is 1. The molecule has 1 aliphatic rings. The molecule has 0 aromatic heterocycles. The fraction of sp³-hybridized carbons (Fsp3) is 0.667. The largest absolute Gasteiger partial charge is 0.480 e. The second kappa shape index (κ2) is 6.18. The van der Waals surface area contributed by atoms with Gasteiger partial charge in [-0.3, -0.25) is 9.59 Å². The molecule has 0 spiro atoms. The third kappa shape index (κ3) is 4.34. The van der Waals surface area contributed by atoms with Gasteiger partial charge in [-0.15, -0.1) is 0 Å². The molecule has 19 heavy (non-hydrogen) atoms. The number of carbonyl (C=O) groups is 2. The minimum atomic E-state index is -3.15. The predicted molar refractivity (Wildman–Crippen MR) is 70.5 cm³/mol. The van der Waals surface area contributed by atoms with E-state index >= 15 is 0 Å². The summed E-state index contributed by atoms with van der Waals surface area (Å²) in [6.07, 6.45) is 2.68. The van der Waals surface area contributed by atoms with E-state index in [0.29, 0.717) is 18.4 Å². The van der Waals surface area contributed by atoms with Crippen LogP contribution in [0.4, 0.5) is 0 Å². The predicted octanol–water partition coefficient (Wildman–Crippen LogP) is 0.443. The summed E-state index contributed by atoms with van der Waals surface area (Å²) in [6.45, 7) is 3.02. The lowest BCUT2D eigenvalue weighted by molar-refractivity contribution is -0.144. The van der Waals surface area contributed by atoms with Gasteiger partial charge >= 0.3 is 5.97 Å². The van der Waals surface area contributed by atoms with Gasteiger partial charge in [-0.05, 0) is 19.8 Å². The number of nitrogens with zero attached hydrogens (tertiary/aromatic N) is 1. The Morgan fingerprint density at radius 2 is 2.05 bits per heavy atom. The molecule has 0 aliphatic carbocycles. The zero-order valence-corrected chi connectivity index (χ0v) is 11.9. The summed E-state index contributed by atoms with van der Waals surface area (Å²) in [5.74, 6) is -1.67. The average Bonchev–Trinajstić information content (AvgIpc) is 2.65. The van der Waals surface area contributed by atoms with Crippen LogP contribution in [0.25, 0.3) is 0 Å². The van der Waals surface area contributed by atoms with Crippen LogP contribution in [-0.2, 0) is 19.4 Å². The number of hydrogen-bond acceptors (Lipinski definition) is 4. The summed E-state index contributed by atoms with van der Waals surface area (Å²) in [5.41, 5.74) is 0.452. The normalized spacial score (nSPS) is 22.2. The summed E-state index contributed by atoms with van der Waals surface area (Å²) < 4.78 is 22.9. The first-order valence-electron chi connectivity index (χ1n) is 6.16. The van der Waals surface area contributed by atoms with Gasteiger partial charge in [0, 0.05) is 11.6 Å². The minimum absolute atomic E-state index is 0.0115. The van der Waals surface area contributed by atoms with Crippen molar-refractivity contribution in [2.24, 2.45) is 0 Å². The summed E-state index contributed by atoms with van der Waals surface area (Å²) in [7, 11) is -3.15. The van der Waals surface area contributed by atoms with E-state index in [2.05, 4.69) is 0 Å². The molecule has 7 heteroatoms. The quantitative estimate of drug-likeness (QED) is 0.742.